The van der Waals surface area contributed by atoms with Crippen molar-refractivity contribution in [3.63, 3.8) is 0 Å². The number of hydrogen-bond acceptors (Lipinski definition) is 4. The summed E-state index contributed by atoms with van der Waals surface area (Å²) in [5.41, 5.74) is 1.98. The van der Waals surface area contributed by atoms with E-state index in [0.717, 1.165) is 17.2 Å². The third kappa shape index (κ3) is 3.95. The Hall–Kier alpha value is -3.22. The molecule has 0 saturated carbocycles. The van der Waals surface area contributed by atoms with Gasteiger partial charge in [-0.15, -0.1) is 10.2 Å². The summed E-state index contributed by atoms with van der Waals surface area (Å²) in [7, 11) is 1.73. The number of guanidine groups is 1. The number of nitrogens with zero attached hydrogens (tertiary/aromatic N) is 5. The molecule has 3 aromatic rings. The zero-order chi connectivity index (χ0) is 16.6. The standard InChI is InChI=1S/C17H19N7/c1-18-17(20-11-14-7-5-6-10-19-14)21-12-16-23-22-13-24(16)15-8-3-2-4-9-15/h2-10,13H,11-12H2,1H3,(H2,18,20,21). The first-order chi connectivity index (χ1) is 11.9. The fourth-order valence-corrected chi connectivity index (χ4v) is 2.24. The molecule has 3 rings (SSSR count). The topological polar surface area (TPSA) is 80.0 Å². The molecule has 7 heteroatoms. The number of benzene rings is 1. The number of aliphatic imine (C=N–C) groups is 1. The molecular weight excluding hydrogens is 302 g/mol. The second-order valence-corrected chi connectivity index (χ2v) is 5.05. The number of nitrogens with one attached hydrogen (secondary N) is 2. The van der Waals surface area contributed by atoms with Gasteiger partial charge in [0.2, 0.25) is 0 Å². The smallest absolute Gasteiger partial charge is 0.191 e. The second kappa shape index (κ2) is 7.87. The van der Waals surface area contributed by atoms with Gasteiger partial charge in [-0.05, 0) is 24.3 Å². The molecule has 0 saturated heterocycles. The van der Waals surface area contributed by atoms with Crippen molar-refractivity contribution in [2.75, 3.05) is 7.05 Å². The number of para-hydroxylation sites is 1. The van der Waals surface area contributed by atoms with Crippen molar-refractivity contribution >= 4 is 5.96 Å². The molecule has 0 aliphatic rings. The average molecular weight is 321 g/mol. The van der Waals surface area contributed by atoms with Gasteiger partial charge in [0.15, 0.2) is 11.8 Å². The Labute approximate surface area is 140 Å². The quantitative estimate of drug-likeness (QED) is 0.550. The molecule has 0 fully saturated rings. The summed E-state index contributed by atoms with van der Waals surface area (Å²) in [4.78, 5) is 8.49. The van der Waals surface area contributed by atoms with Gasteiger partial charge < -0.3 is 10.6 Å². The highest BCUT2D eigenvalue weighted by molar-refractivity contribution is 5.79. The summed E-state index contributed by atoms with van der Waals surface area (Å²) in [6, 6.07) is 15.8. The van der Waals surface area contributed by atoms with Crippen molar-refractivity contribution in [1.82, 2.24) is 30.4 Å². The summed E-state index contributed by atoms with van der Waals surface area (Å²) in [5, 5.41) is 14.6. The monoisotopic (exact) mass is 321 g/mol. The van der Waals surface area contributed by atoms with Crippen LogP contribution in [-0.4, -0.2) is 32.8 Å². The van der Waals surface area contributed by atoms with Crippen LogP contribution in [0.3, 0.4) is 0 Å². The molecule has 2 aromatic heterocycles. The molecule has 1 aromatic carbocycles. The summed E-state index contributed by atoms with van der Waals surface area (Å²) in [5.74, 6) is 1.49. The molecule has 2 heterocycles. The lowest BCUT2D eigenvalue weighted by atomic mass is 10.3. The van der Waals surface area contributed by atoms with E-state index >= 15 is 0 Å². The molecule has 0 spiro atoms. The fourth-order valence-electron chi connectivity index (χ4n) is 2.24. The van der Waals surface area contributed by atoms with Gasteiger partial charge in [-0.25, -0.2) is 0 Å². The summed E-state index contributed by atoms with van der Waals surface area (Å²) in [6.45, 7) is 1.11. The fraction of sp³-hybridized carbons (Fsp3) is 0.176. The zero-order valence-corrected chi connectivity index (χ0v) is 13.4. The number of rotatable bonds is 5. The Morgan fingerprint density at radius 2 is 1.83 bits per heavy atom. The van der Waals surface area contributed by atoms with Crippen LogP contribution in [0.2, 0.25) is 0 Å². The Kier molecular flexibility index (Phi) is 5.14. The van der Waals surface area contributed by atoms with Crippen LogP contribution in [0, 0.1) is 0 Å². The first kappa shape index (κ1) is 15.7. The van der Waals surface area contributed by atoms with E-state index in [-0.39, 0.29) is 0 Å². The SMILES string of the molecule is CN=C(NCc1ccccn1)NCc1nncn1-c1ccccc1. The summed E-state index contributed by atoms with van der Waals surface area (Å²) < 4.78 is 1.94. The van der Waals surface area contributed by atoms with E-state index < -0.39 is 0 Å². The molecule has 0 aliphatic carbocycles. The highest BCUT2D eigenvalue weighted by Gasteiger charge is 2.07. The van der Waals surface area contributed by atoms with E-state index in [1.54, 1.807) is 19.6 Å². The molecule has 0 unspecified atom stereocenters. The van der Waals surface area contributed by atoms with E-state index in [0.29, 0.717) is 19.0 Å². The molecule has 0 amide bonds. The van der Waals surface area contributed by atoms with Crippen molar-refractivity contribution in [1.29, 1.82) is 0 Å². The van der Waals surface area contributed by atoms with Gasteiger partial charge in [-0.1, -0.05) is 24.3 Å². The predicted molar refractivity (Wildman–Crippen MR) is 92.6 cm³/mol. The van der Waals surface area contributed by atoms with Crippen molar-refractivity contribution in [2.24, 2.45) is 4.99 Å². The molecule has 7 nitrogen and oxygen atoms in total. The van der Waals surface area contributed by atoms with Crippen LogP contribution < -0.4 is 10.6 Å². The maximum Gasteiger partial charge on any atom is 0.191 e. The van der Waals surface area contributed by atoms with Crippen LogP contribution in [0.4, 0.5) is 0 Å². The van der Waals surface area contributed by atoms with Gasteiger partial charge in [0.05, 0.1) is 18.8 Å². The molecule has 2 N–H and O–H groups in total. The summed E-state index contributed by atoms with van der Waals surface area (Å²) in [6.07, 6.45) is 3.48. The van der Waals surface area contributed by atoms with Crippen LogP contribution in [0.5, 0.6) is 0 Å². The molecule has 0 atom stereocenters. The Morgan fingerprint density at radius 3 is 2.58 bits per heavy atom. The van der Waals surface area contributed by atoms with Gasteiger partial charge in [0, 0.05) is 18.9 Å². The highest BCUT2D eigenvalue weighted by Crippen LogP contribution is 2.08. The third-order valence-electron chi connectivity index (χ3n) is 3.45. The largest absolute Gasteiger partial charge is 0.351 e. The maximum atomic E-state index is 4.28. The van der Waals surface area contributed by atoms with Crippen LogP contribution in [0.15, 0.2) is 66.0 Å². The van der Waals surface area contributed by atoms with E-state index in [2.05, 4.69) is 30.8 Å². The Balaban J connectivity index is 1.60. The van der Waals surface area contributed by atoms with Crippen LogP contribution >= 0.6 is 0 Å². The molecule has 24 heavy (non-hydrogen) atoms. The van der Waals surface area contributed by atoms with E-state index in [9.17, 15) is 0 Å². The Bertz CT molecular complexity index is 781. The van der Waals surface area contributed by atoms with Crippen molar-refractivity contribution in [2.45, 2.75) is 13.1 Å². The number of aromatic nitrogens is 4. The van der Waals surface area contributed by atoms with Gasteiger partial charge in [-0.3, -0.25) is 14.5 Å². The number of hydrogen-bond donors (Lipinski definition) is 2. The normalized spacial score (nSPS) is 11.3. The first-order valence-electron chi connectivity index (χ1n) is 7.65. The van der Waals surface area contributed by atoms with E-state index in [1.807, 2.05) is 53.1 Å². The average Bonchev–Trinajstić information content (AvgIpc) is 3.12. The predicted octanol–water partition coefficient (Wildman–Crippen LogP) is 1.53. The highest BCUT2D eigenvalue weighted by atomic mass is 15.3. The van der Waals surface area contributed by atoms with Gasteiger partial charge >= 0.3 is 0 Å². The lowest BCUT2D eigenvalue weighted by Crippen LogP contribution is -2.37. The maximum absolute atomic E-state index is 4.28. The van der Waals surface area contributed by atoms with Crippen LogP contribution in [0.25, 0.3) is 5.69 Å². The van der Waals surface area contributed by atoms with Gasteiger partial charge in [0.1, 0.15) is 6.33 Å². The minimum absolute atomic E-state index is 0.511. The molecule has 122 valence electrons. The van der Waals surface area contributed by atoms with Crippen LogP contribution in [0.1, 0.15) is 11.5 Å². The van der Waals surface area contributed by atoms with E-state index in [1.165, 1.54) is 0 Å². The first-order valence-corrected chi connectivity index (χ1v) is 7.65. The molecular formula is C17H19N7. The van der Waals surface area contributed by atoms with Gasteiger partial charge in [0.25, 0.3) is 0 Å². The number of pyridine rings is 1. The Morgan fingerprint density at radius 1 is 1.04 bits per heavy atom. The molecule has 0 aliphatic heterocycles. The lowest BCUT2D eigenvalue weighted by Gasteiger charge is -2.12. The minimum Gasteiger partial charge on any atom is -0.351 e. The van der Waals surface area contributed by atoms with Crippen molar-refractivity contribution < 1.29 is 0 Å². The third-order valence-corrected chi connectivity index (χ3v) is 3.45. The minimum atomic E-state index is 0.511. The van der Waals surface area contributed by atoms with E-state index in [4.69, 9.17) is 0 Å². The second-order valence-electron chi connectivity index (χ2n) is 5.05. The van der Waals surface area contributed by atoms with Crippen molar-refractivity contribution in [3.05, 3.63) is 72.6 Å². The lowest BCUT2D eigenvalue weighted by molar-refractivity contribution is 0.748. The summed E-state index contributed by atoms with van der Waals surface area (Å²) >= 11 is 0. The molecule has 0 radical (unpaired) electrons. The van der Waals surface area contributed by atoms with Gasteiger partial charge in [-0.2, -0.15) is 0 Å². The van der Waals surface area contributed by atoms with Crippen molar-refractivity contribution in [3.8, 4) is 5.69 Å². The van der Waals surface area contributed by atoms with Crippen LogP contribution in [-0.2, 0) is 13.1 Å². The zero-order valence-electron chi connectivity index (χ0n) is 13.4. The molecule has 0 bridgehead atoms.